The average Bonchev–Trinajstić information content (AvgIpc) is 2.63. The van der Waals surface area contributed by atoms with Gasteiger partial charge in [0.2, 0.25) is 0 Å². The van der Waals surface area contributed by atoms with Crippen LogP contribution in [0.1, 0.15) is 11.1 Å². The van der Waals surface area contributed by atoms with Crippen molar-refractivity contribution in [1.29, 1.82) is 0 Å². The van der Waals surface area contributed by atoms with Crippen molar-refractivity contribution in [2.45, 2.75) is 13.8 Å². The number of amides is 4. The number of carbonyl (C=O) groups excluding carboxylic acids is 2. The smallest absolute Gasteiger partial charge is 0.308 e. The summed E-state index contributed by atoms with van der Waals surface area (Å²) in [5.74, 6) is 0. The van der Waals surface area contributed by atoms with Crippen molar-refractivity contribution in [2.24, 2.45) is 0 Å². The highest BCUT2D eigenvalue weighted by atomic mass is 16.2. The maximum atomic E-state index is 12.3. The second-order valence-corrected chi connectivity index (χ2v) is 6.44. The lowest BCUT2D eigenvalue weighted by atomic mass is 10.2. The van der Waals surface area contributed by atoms with Gasteiger partial charge in [-0.15, -0.1) is 0 Å². The van der Waals surface area contributed by atoms with Crippen LogP contribution < -0.4 is 21.3 Å². The zero-order valence-electron chi connectivity index (χ0n) is 15.7. The molecule has 3 aromatic rings. The fraction of sp³-hybridized carbons (Fsp3) is 0.0909. The Bertz CT molecular complexity index is 921. The van der Waals surface area contributed by atoms with Gasteiger partial charge in [-0.05, 0) is 61.4 Å². The summed E-state index contributed by atoms with van der Waals surface area (Å²) in [6, 6.07) is 21.2. The minimum atomic E-state index is -0.390. The summed E-state index contributed by atoms with van der Waals surface area (Å²) in [6.07, 6.45) is 0. The van der Waals surface area contributed by atoms with E-state index in [4.69, 9.17) is 0 Å². The lowest BCUT2D eigenvalue weighted by Gasteiger charge is -2.14. The Labute approximate surface area is 164 Å². The van der Waals surface area contributed by atoms with Crippen molar-refractivity contribution in [3.8, 4) is 0 Å². The number of benzene rings is 3. The number of carbonyl (C=O) groups is 2. The minimum Gasteiger partial charge on any atom is -0.308 e. The second kappa shape index (κ2) is 8.73. The number of rotatable bonds is 4. The van der Waals surface area contributed by atoms with E-state index in [0.29, 0.717) is 22.7 Å². The molecule has 0 unspecified atom stereocenters. The molecule has 0 atom stereocenters. The Balaban J connectivity index is 1.65. The Kier molecular flexibility index (Phi) is 5.91. The molecule has 0 aromatic heterocycles. The molecule has 4 amide bonds. The van der Waals surface area contributed by atoms with E-state index in [1.165, 1.54) is 0 Å². The summed E-state index contributed by atoms with van der Waals surface area (Å²) < 4.78 is 0. The van der Waals surface area contributed by atoms with Gasteiger partial charge < -0.3 is 21.3 Å². The predicted octanol–water partition coefficient (Wildman–Crippen LogP) is 5.59. The first-order valence-corrected chi connectivity index (χ1v) is 8.88. The number of para-hydroxylation sites is 2. The molecule has 142 valence electrons. The van der Waals surface area contributed by atoms with E-state index in [1.54, 1.807) is 24.3 Å². The van der Waals surface area contributed by atoms with Crippen molar-refractivity contribution < 1.29 is 9.59 Å². The maximum absolute atomic E-state index is 12.3. The van der Waals surface area contributed by atoms with Crippen molar-refractivity contribution >= 4 is 34.8 Å². The van der Waals surface area contributed by atoms with Crippen LogP contribution in [0.5, 0.6) is 0 Å². The zero-order valence-corrected chi connectivity index (χ0v) is 15.7. The van der Waals surface area contributed by atoms with Crippen LogP contribution in [0, 0.1) is 13.8 Å². The van der Waals surface area contributed by atoms with Crippen molar-refractivity contribution in [1.82, 2.24) is 0 Å². The van der Waals surface area contributed by atoms with Crippen LogP contribution in [-0.2, 0) is 0 Å². The molecule has 0 saturated heterocycles. The van der Waals surface area contributed by atoms with Crippen molar-refractivity contribution in [3.05, 3.63) is 83.9 Å². The summed E-state index contributed by atoms with van der Waals surface area (Å²) in [5, 5.41) is 11.1. The molecule has 0 spiro atoms. The van der Waals surface area contributed by atoms with Gasteiger partial charge in [-0.1, -0.05) is 36.4 Å². The lowest BCUT2D eigenvalue weighted by Crippen LogP contribution is -2.23. The third-order valence-corrected chi connectivity index (χ3v) is 3.98. The quantitative estimate of drug-likeness (QED) is 0.480. The zero-order chi connectivity index (χ0) is 19.9. The number of hydrogen-bond acceptors (Lipinski definition) is 2. The summed E-state index contributed by atoms with van der Waals surface area (Å²) >= 11 is 0. The molecule has 0 fully saturated rings. The van der Waals surface area contributed by atoms with E-state index in [-0.39, 0.29) is 12.1 Å². The van der Waals surface area contributed by atoms with Gasteiger partial charge in [-0.2, -0.15) is 0 Å². The molecule has 6 heteroatoms. The largest absolute Gasteiger partial charge is 0.323 e. The summed E-state index contributed by atoms with van der Waals surface area (Å²) in [5.41, 5.74) is 4.47. The van der Waals surface area contributed by atoms with Crippen LogP contribution in [0.15, 0.2) is 72.8 Å². The van der Waals surface area contributed by atoms with Gasteiger partial charge in [-0.3, -0.25) is 0 Å². The van der Waals surface area contributed by atoms with Gasteiger partial charge in [0.05, 0.1) is 11.4 Å². The van der Waals surface area contributed by atoms with Crippen molar-refractivity contribution in [2.75, 3.05) is 21.3 Å². The SMILES string of the molecule is Cc1cccc(NC(=O)Nc2ccccc2NC(=O)Nc2cccc(C)c2)c1. The van der Waals surface area contributed by atoms with E-state index in [1.807, 2.05) is 62.4 Å². The van der Waals surface area contributed by atoms with Gasteiger partial charge in [-0.25, -0.2) is 9.59 Å². The highest BCUT2D eigenvalue weighted by molar-refractivity contribution is 6.06. The van der Waals surface area contributed by atoms with Gasteiger partial charge in [0.1, 0.15) is 0 Å². The molecule has 0 saturated carbocycles. The fourth-order valence-electron chi connectivity index (χ4n) is 2.72. The maximum Gasteiger partial charge on any atom is 0.323 e. The van der Waals surface area contributed by atoms with Crippen LogP contribution in [0.25, 0.3) is 0 Å². The highest BCUT2D eigenvalue weighted by Crippen LogP contribution is 2.22. The molecule has 0 radical (unpaired) electrons. The molecule has 3 aromatic carbocycles. The lowest BCUT2D eigenvalue weighted by molar-refractivity contribution is 0.261. The van der Waals surface area contributed by atoms with Gasteiger partial charge in [0, 0.05) is 11.4 Å². The Morgan fingerprint density at radius 1 is 0.571 bits per heavy atom. The topological polar surface area (TPSA) is 82.3 Å². The minimum absolute atomic E-state index is 0.390. The van der Waals surface area contributed by atoms with Gasteiger partial charge in [0.25, 0.3) is 0 Å². The average molecular weight is 374 g/mol. The molecule has 0 bridgehead atoms. The normalized spacial score (nSPS) is 10.1. The van der Waals surface area contributed by atoms with Crippen LogP contribution >= 0.6 is 0 Å². The Morgan fingerprint density at radius 3 is 1.39 bits per heavy atom. The van der Waals surface area contributed by atoms with Crippen LogP contribution in [0.2, 0.25) is 0 Å². The monoisotopic (exact) mass is 374 g/mol. The molecule has 4 N–H and O–H groups in total. The highest BCUT2D eigenvalue weighted by Gasteiger charge is 2.10. The van der Waals surface area contributed by atoms with E-state index >= 15 is 0 Å². The number of aryl methyl sites for hydroxylation is 2. The third-order valence-electron chi connectivity index (χ3n) is 3.98. The second-order valence-electron chi connectivity index (χ2n) is 6.44. The molecular weight excluding hydrogens is 352 g/mol. The molecule has 0 aliphatic heterocycles. The molecule has 0 aliphatic rings. The van der Waals surface area contributed by atoms with E-state index in [0.717, 1.165) is 11.1 Å². The first kappa shape index (κ1) is 19.0. The van der Waals surface area contributed by atoms with Gasteiger partial charge in [0.15, 0.2) is 0 Å². The molecule has 28 heavy (non-hydrogen) atoms. The standard InChI is InChI=1S/C22H22N4O2/c1-15-7-5-9-17(13-15)23-21(27)25-19-11-3-4-12-20(19)26-22(28)24-18-10-6-8-16(2)14-18/h3-14H,1-2H3,(H2,23,25,27)(H2,24,26,28). The van der Waals surface area contributed by atoms with E-state index < -0.39 is 0 Å². The van der Waals surface area contributed by atoms with E-state index in [9.17, 15) is 9.59 Å². The predicted molar refractivity (Wildman–Crippen MR) is 114 cm³/mol. The summed E-state index contributed by atoms with van der Waals surface area (Å²) in [6.45, 7) is 3.91. The number of anilines is 4. The number of hydrogen-bond donors (Lipinski definition) is 4. The molecule has 3 rings (SSSR count). The first-order valence-electron chi connectivity index (χ1n) is 8.88. The molecule has 6 nitrogen and oxygen atoms in total. The molecular formula is C22H22N4O2. The first-order chi connectivity index (χ1) is 13.5. The Morgan fingerprint density at radius 2 is 1.00 bits per heavy atom. The van der Waals surface area contributed by atoms with Gasteiger partial charge >= 0.3 is 12.1 Å². The number of urea groups is 2. The molecule has 0 heterocycles. The van der Waals surface area contributed by atoms with E-state index in [2.05, 4.69) is 21.3 Å². The fourth-order valence-corrected chi connectivity index (χ4v) is 2.72. The third kappa shape index (κ3) is 5.35. The Hall–Kier alpha value is -3.80. The van der Waals surface area contributed by atoms with Crippen LogP contribution in [0.4, 0.5) is 32.3 Å². The summed E-state index contributed by atoms with van der Waals surface area (Å²) in [4.78, 5) is 24.6. The molecule has 0 aliphatic carbocycles. The van der Waals surface area contributed by atoms with Crippen LogP contribution in [-0.4, -0.2) is 12.1 Å². The number of nitrogens with one attached hydrogen (secondary N) is 4. The van der Waals surface area contributed by atoms with Crippen molar-refractivity contribution in [3.63, 3.8) is 0 Å². The summed E-state index contributed by atoms with van der Waals surface area (Å²) in [7, 11) is 0. The van der Waals surface area contributed by atoms with Crippen LogP contribution in [0.3, 0.4) is 0 Å².